The molecule has 0 spiro atoms. The monoisotopic (exact) mass is 234 g/mol. The molecular formula is C13H15ClN2. The Morgan fingerprint density at radius 3 is 2.62 bits per heavy atom. The third kappa shape index (κ3) is 1.93. The zero-order valence-electron chi connectivity index (χ0n) is 9.12. The molecular weight excluding hydrogens is 220 g/mol. The highest BCUT2D eigenvalue weighted by atomic mass is 35.5. The van der Waals surface area contributed by atoms with Gasteiger partial charge in [-0.3, -0.25) is 0 Å². The van der Waals surface area contributed by atoms with Gasteiger partial charge in [-0.05, 0) is 36.5 Å². The molecule has 0 radical (unpaired) electrons. The van der Waals surface area contributed by atoms with Crippen LogP contribution in [-0.2, 0) is 5.54 Å². The Hall–Kier alpha value is -1.04. The van der Waals surface area contributed by atoms with Gasteiger partial charge in [0.15, 0.2) is 0 Å². The smallest absolute Gasteiger partial charge is 0.132 e. The first-order chi connectivity index (χ1) is 7.66. The summed E-state index contributed by atoms with van der Waals surface area (Å²) in [6.45, 7) is 0. The summed E-state index contributed by atoms with van der Waals surface area (Å²) in [5.41, 5.74) is 6.24. The molecule has 1 aliphatic rings. The normalized spacial score (nSPS) is 20.3. The maximum absolute atomic E-state index is 9.37. The standard InChI is InChI=1S/C13H15ClN2/c14-12-7-3-6-11(8-12)13(16,9-15)10-4-1-2-5-10/h3,6-8,10H,1-2,4-5,16H2. The molecule has 0 aliphatic heterocycles. The van der Waals surface area contributed by atoms with Gasteiger partial charge < -0.3 is 5.73 Å². The lowest BCUT2D eigenvalue weighted by molar-refractivity contribution is 0.357. The van der Waals surface area contributed by atoms with Gasteiger partial charge in [-0.2, -0.15) is 5.26 Å². The average Bonchev–Trinajstić information content (AvgIpc) is 2.82. The first-order valence-electron chi connectivity index (χ1n) is 5.63. The predicted octanol–water partition coefficient (Wildman–Crippen LogP) is 3.21. The van der Waals surface area contributed by atoms with E-state index in [1.54, 1.807) is 6.07 Å². The number of nitriles is 1. The lowest BCUT2D eigenvalue weighted by atomic mass is 9.79. The van der Waals surface area contributed by atoms with Crippen molar-refractivity contribution in [1.82, 2.24) is 0 Å². The van der Waals surface area contributed by atoms with Crippen molar-refractivity contribution in [3.05, 3.63) is 34.9 Å². The number of hydrogen-bond donors (Lipinski definition) is 1. The molecule has 1 atom stereocenters. The van der Waals surface area contributed by atoms with Crippen LogP contribution in [0.5, 0.6) is 0 Å². The van der Waals surface area contributed by atoms with Gasteiger partial charge in [-0.15, -0.1) is 0 Å². The maximum Gasteiger partial charge on any atom is 0.132 e. The molecule has 0 aromatic heterocycles. The summed E-state index contributed by atoms with van der Waals surface area (Å²) in [4.78, 5) is 0. The highest BCUT2D eigenvalue weighted by molar-refractivity contribution is 6.30. The van der Waals surface area contributed by atoms with Crippen LogP contribution in [0.1, 0.15) is 31.2 Å². The Labute approximate surface area is 101 Å². The molecule has 0 heterocycles. The SMILES string of the molecule is N#CC(N)(c1cccc(Cl)c1)C1CCCC1. The van der Waals surface area contributed by atoms with Crippen molar-refractivity contribution in [3.63, 3.8) is 0 Å². The van der Waals surface area contributed by atoms with Crippen LogP contribution in [-0.4, -0.2) is 0 Å². The number of benzene rings is 1. The van der Waals surface area contributed by atoms with E-state index in [1.165, 1.54) is 12.8 Å². The second-order valence-corrected chi connectivity index (χ2v) is 4.91. The summed E-state index contributed by atoms with van der Waals surface area (Å²) in [5.74, 6) is 0.260. The zero-order chi connectivity index (χ0) is 11.6. The van der Waals surface area contributed by atoms with E-state index in [4.69, 9.17) is 17.3 Å². The van der Waals surface area contributed by atoms with E-state index in [1.807, 2.05) is 18.2 Å². The molecule has 1 saturated carbocycles. The Kier molecular flexibility index (Phi) is 3.18. The number of nitrogens with zero attached hydrogens (tertiary/aromatic N) is 1. The van der Waals surface area contributed by atoms with Crippen molar-refractivity contribution in [1.29, 1.82) is 5.26 Å². The summed E-state index contributed by atoms with van der Waals surface area (Å²) < 4.78 is 0. The summed E-state index contributed by atoms with van der Waals surface area (Å²) in [7, 11) is 0. The first kappa shape index (κ1) is 11.4. The van der Waals surface area contributed by atoms with Gasteiger partial charge >= 0.3 is 0 Å². The van der Waals surface area contributed by atoms with Gasteiger partial charge in [0.05, 0.1) is 6.07 Å². The van der Waals surface area contributed by atoms with E-state index in [0.717, 1.165) is 18.4 Å². The lowest BCUT2D eigenvalue weighted by Crippen LogP contribution is -2.41. The van der Waals surface area contributed by atoms with Gasteiger partial charge in [0.25, 0.3) is 0 Å². The van der Waals surface area contributed by atoms with Gasteiger partial charge in [-0.1, -0.05) is 36.6 Å². The minimum atomic E-state index is -0.874. The molecule has 1 aromatic rings. The topological polar surface area (TPSA) is 49.8 Å². The molecule has 2 rings (SSSR count). The van der Waals surface area contributed by atoms with E-state index in [-0.39, 0.29) is 5.92 Å². The molecule has 2 N–H and O–H groups in total. The van der Waals surface area contributed by atoms with E-state index in [2.05, 4.69) is 6.07 Å². The van der Waals surface area contributed by atoms with Gasteiger partial charge in [-0.25, -0.2) is 0 Å². The van der Waals surface area contributed by atoms with Gasteiger partial charge in [0.1, 0.15) is 5.54 Å². The van der Waals surface area contributed by atoms with Crippen LogP contribution in [0.15, 0.2) is 24.3 Å². The zero-order valence-corrected chi connectivity index (χ0v) is 9.87. The van der Waals surface area contributed by atoms with Crippen molar-refractivity contribution < 1.29 is 0 Å². The Morgan fingerprint density at radius 2 is 2.06 bits per heavy atom. The minimum Gasteiger partial charge on any atom is -0.309 e. The summed E-state index contributed by atoms with van der Waals surface area (Å²) in [6, 6.07) is 9.64. The van der Waals surface area contributed by atoms with Crippen LogP contribution in [0.4, 0.5) is 0 Å². The quantitative estimate of drug-likeness (QED) is 0.854. The Balaban J connectivity index is 2.37. The van der Waals surface area contributed by atoms with Crippen LogP contribution in [0.2, 0.25) is 5.02 Å². The van der Waals surface area contributed by atoms with E-state index in [9.17, 15) is 5.26 Å². The van der Waals surface area contributed by atoms with E-state index < -0.39 is 5.54 Å². The Bertz CT molecular complexity index is 418. The minimum absolute atomic E-state index is 0.260. The number of rotatable bonds is 2. The first-order valence-corrected chi connectivity index (χ1v) is 6.01. The average molecular weight is 235 g/mol. The second-order valence-electron chi connectivity index (χ2n) is 4.47. The van der Waals surface area contributed by atoms with Gasteiger partial charge in [0, 0.05) is 5.02 Å². The van der Waals surface area contributed by atoms with Crippen LogP contribution < -0.4 is 5.73 Å². The summed E-state index contributed by atoms with van der Waals surface area (Å²) >= 11 is 5.95. The van der Waals surface area contributed by atoms with Crippen molar-refractivity contribution >= 4 is 11.6 Å². The van der Waals surface area contributed by atoms with E-state index >= 15 is 0 Å². The highest BCUT2D eigenvalue weighted by Gasteiger charge is 2.38. The van der Waals surface area contributed by atoms with Crippen molar-refractivity contribution in [2.75, 3.05) is 0 Å². The van der Waals surface area contributed by atoms with Crippen LogP contribution in [0.3, 0.4) is 0 Å². The number of nitrogens with two attached hydrogens (primary N) is 1. The summed E-state index contributed by atoms with van der Waals surface area (Å²) in [5, 5.41) is 10.0. The molecule has 1 aromatic carbocycles. The van der Waals surface area contributed by atoms with Crippen molar-refractivity contribution in [3.8, 4) is 6.07 Å². The predicted molar refractivity (Wildman–Crippen MR) is 64.9 cm³/mol. The molecule has 0 saturated heterocycles. The molecule has 1 unspecified atom stereocenters. The Morgan fingerprint density at radius 1 is 1.38 bits per heavy atom. The largest absolute Gasteiger partial charge is 0.309 e. The fraction of sp³-hybridized carbons (Fsp3) is 0.462. The highest BCUT2D eigenvalue weighted by Crippen LogP contribution is 2.38. The summed E-state index contributed by atoms with van der Waals surface area (Å²) in [6.07, 6.45) is 4.42. The van der Waals surface area contributed by atoms with Crippen LogP contribution in [0.25, 0.3) is 0 Å². The van der Waals surface area contributed by atoms with Crippen LogP contribution in [0, 0.1) is 17.2 Å². The van der Waals surface area contributed by atoms with Crippen molar-refractivity contribution in [2.24, 2.45) is 11.7 Å². The second kappa shape index (κ2) is 4.45. The molecule has 84 valence electrons. The number of hydrogen-bond acceptors (Lipinski definition) is 2. The number of halogens is 1. The fourth-order valence-electron chi connectivity index (χ4n) is 2.52. The maximum atomic E-state index is 9.37. The van der Waals surface area contributed by atoms with Crippen LogP contribution >= 0.6 is 11.6 Å². The third-order valence-electron chi connectivity index (χ3n) is 3.49. The molecule has 2 nitrogen and oxygen atoms in total. The fourth-order valence-corrected chi connectivity index (χ4v) is 2.71. The van der Waals surface area contributed by atoms with Gasteiger partial charge in [0.2, 0.25) is 0 Å². The molecule has 1 fully saturated rings. The van der Waals surface area contributed by atoms with Crippen molar-refractivity contribution in [2.45, 2.75) is 31.2 Å². The molecule has 3 heteroatoms. The molecule has 0 bridgehead atoms. The molecule has 1 aliphatic carbocycles. The third-order valence-corrected chi connectivity index (χ3v) is 3.72. The lowest BCUT2D eigenvalue weighted by Gasteiger charge is -2.28. The van der Waals surface area contributed by atoms with E-state index in [0.29, 0.717) is 5.02 Å². The molecule has 16 heavy (non-hydrogen) atoms. The molecule has 0 amide bonds.